The molecule has 0 atom stereocenters. The first-order chi connectivity index (χ1) is 9.38. The summed E-state index contributed by atoms with van der Waals surface area (Å²) in [4.78, 5) is 0.159. The monoisotopic (exact) mass is 352 g/mol. The molecule has 1 N–H and O–H groups in total. The first kappa shape index (κ1) is 14.8. The first-order valence-electron chi connectivity index (χ1n) is 5.87. The summed E-state index contributed by atoms with van der Waals surface area (Å²) in [6.45, 7) is 1.88. The topological polar surface area (TPSA) is 54.4 Å². The van der Waals surface area contributed by atoms with E-state index in [2.05, 4.69) is 15.9 Å². The predicted octanol–water partition coefficient (Wildman–Crippen LogP) is 4.09. The Balaban J connectivity index is 2.37. The van der Waals surface area contributed by atoms with E-state index in [1.807, 2.05) is 6.92 Å². The molecule has 20 heavy (non-hydrogen) atoms. The van der Waals surface area contributed by atoms with Gasteiger partial charge in [-0.25, -0.2) is 8.42 Å². The highest BCUT2D eigenvalue weighted by atomic mass is 79.9. The molecule has 0 aliphatic carbocycles. The molecule has 0 aliphatic heterocycles. The molecule has 2 aromatic rings. The molecule has 2 rings (SSSR count). The molecule has 0 saturated carbocycles. The van der Waals surface area contributed by atoms with Crippen molar-refractivity contribution < 1.29 is 13.5 Å². The van der Waals surface area contributed by atoms with E-state index in [0.29, 0.717) is 5.56 Å². The fourth-order valence-corrected chi connectivity index (χ4v) is 2.98. The highest BCUT2D eigenvalue weighted by Crippen LogP contribution is 2.20. The Morgan fingerprint density at radius 2 is 1.60 bits per heavy atom. The van der Waals surface area contributed by atoms with Crippen LogP contribution in [0, 0.1) is 6.92 Å². The molecule has 0 unspecified atom stereocenters. The van der Waals surface area contributed by atoms with E-state index in [1.165, 1.54) is 12.1 Å². The first-order valence-corrected chi connectivity index (χ1v) is 8.21. The van der Waals surface area contributed by atoms with Crippen LogP contribution in [0.5, 0.6) is 0 Å². The van der Waals surface area contributed by atoms with Crippen LogP contribution in [0.1, 0.15) is 11.1 Å². The van der Waals surface area contributed by atoms with E-state index in [4.69, 9.17) is 0 Å². The molecule has 0 spiro atoms. The molecule has 0 saturated heterocycles. The van der Waals surface area contributed by atoms with Gasteiger partial charge in [0.1, 0.15) is 5.76 Å². The lowest BCUT2D eigenvalue weighted by molar-refractivity contribution is 0.512. The molecule has 5 heteroatoms. The van der Waals surface area contributed by atoms with Gasteiger partial charge in [0.05, 0.1) is 10.3 Å². The maximum absolute atomic E-state index is 12.1. The number of hydrogen-bond acceptors (Lipinski definition) is 3. The van der Waals surface area contributed by atoms with E-state index >= 15 is 0 Å². The van der Waals surface area contributed by atoms with Crippen LogP contribution in [0.4, 0.5) is 0 Å². The van der Waals surface area contributed by atoms with E-state index < -0.39 is 9.84 Å². The van der Waals surface area contributed by atoms with Gasteiger partial charge in [0.2, 0.25) is 9.84 Å². The van der Waals surface area contributed by atoms with Gasteiger partial charge in [0.15, 0.2) is 0 Å². The minimum Gasteiger partial charge on any atom is -0.507 e. The highest BCUT2D eigenvalue weighted by Gasteiger charge is 2.13. The minimum atomic E-state index is -3.66. The third kappa shape index (κ3) is 3.49. The molecular formula is C15H13BrO3S. The number of rotatable bonds is 3. The molecule has 2 aromatic carbocycles. The Kier molecular flexibility index (Phi) is 4.30. The average Bonchev–Trinajstić information content (AvgIpc) is 2.39. The highest BCUT2D eigenvalue weighted by molar-refractivity contribution is 9.10. The van der Waals surface area contributed by atoms with Crippen molar-refractivity contribution in [1.29, 1.82) is 0 Å². The smallest absolute Gasteiger partial charge is 0.203 e. The second-order valence-corrected chi connectivity index (χ2v) is 7.08. The van der Waals surface area contributed by atoms with Gasteiger partial charge >= 0.3 is 0 Å². The van der Waals surface area contributed by atoms with Crippen molar-refractivity contribution in [2.75, 3.05) is 0 Å². The van der Waals surface area contributed by atoms with Crippen LogP contribution < -0.4 is 0 Å². The maximum Gasteiger partial charge on any atom is 0.203 e. The average molecular weight is 353 g/mol. The normalized spacial score (nSPS) is 12.4. The lowest BCUT2D eigenvalue weighted by Crippen LogP contribution is -1.98. The summed E-state index contributed by atoms with van der Waals surface area (Å²) in [5, 5.41) is 10.8. The number of aliphatic hydroxyl groups excluding tert-OH is 1. The largest absolute Gasteiger partial charge is 0.507 e. The molecular weight excluding hydrogens is 340 g/mol. The summed E-state index contributed by atoms with van der Waals surface area (Å²) < 4.78 is 25.2. The zero-order chi connectivity index (χ0) is 14.8. The second kappa shape index (κ2) is 5.81. The summed E-state index contributed by atoms with van der Waals surface area (Å²) in [5.74, 6) is -0.280. The zero-order valence-electron chi connectivity index (χ0n) is 10.7. The van der Waals surface area contributed by atoms with Crippen LogP contribution in [0.2, 0.25) is 0 Å². The number of aryl methyl sites for hydroxylation is 1. The van der Waals surface area contributed by atoms with Crippen molar-refractivity contribution in [2.45, 2.75) is 11.8 Å². The van der Waals surface area contributed by atoms with E-state index in [-0.39, 0.29) is 10.7 Å². The Bertz CT molecular complexity index is 730. The third-order valence-electron chi connectivity index (χ3n) is 2.76. The Morgan fingerprint density at radius 1 is 1.05 bits per heavy atom. The van der Waals surface area contributed by atoms with E-state index in [9.17, 15) is 13.5 Å². The van der Waals surface area contributed by atoms with Crippen LogP contribution in [0.3, 0.4) is 0 Å². The van der Waals surface area contributed by atoms with Crippen LogP contribution in [0.25, 0.3) is 5.76 Å². The fraction of sp³-hybridized carbons (Fsp3) is 0.0667. The lowest BCUT2D eigenvalue weighted by Gasteiger charge is -2.03. The van der Waals surface area contributed by atoms with Crippen molar-refractivity contribution in [2.24, 2.45) is 0 Å². The summed E-state index contributed by atoms with van der Waals surface area (Å²) in [6, 6.07) is 13.2. The van der Waals surface area contributed by atoms with Crippen LogP contribution in [-0.4, -0.2) is 13.5 Å². The summed E-state index contributed by atoms with van der Waals surface area (Å²) in [5.41, 5.74) is 1.42. The van der Waals surface area contributed by atoms with Gasteiger partial charge in [0, 0.05) is 10.0 Å². The van der Waals surface area contributed by atoms with Crippen LogP contribution in [-0.2, 0) is 9.84 Å². The fourth-order valence-electron chi connectivity index (χ4n) is 1.63. The van der Waals surface area contributed by atoms with Crippen molar-refractivity contribution in [1.82, 2.24) is 0 Å². The minimum absolute atomic E-state index is 0.159. The Hall–Kier alpha value is -1.59. The molecule has 0 aliphatic rings. The molecule has 3 nitrogen and oxygen atoms in total. The predicted molar refractivity (Wildman–Crippen MR) is 83.1 cm³/mol. The molecule has 104 valence electrons. The summed E-state index contributed by atoms with van der Waals surface area (Å²) in [6.07, 6.45) is 0. The standard InChI is InChI=1S/C15H13BrO3S/c1-11-2-8-14(9-3-11)20(18,19)10-15(17)12-4-6-13(16)7-5-12/h2-10,17H,1H3/b15-10-. The van der Waals surface area contributed by atoms with Gasteiger partial charge in [-0.05, 0) is 31.2 Å². The molecule has 0 aromatic heterocycles. The van der Waals surface area contributed by atoms with E-state index in [1.54, 1.807) is 36.4 Å². The summed E-state index contributed by atoms with van der Waals surface area (Å²) in [7, 11) is -3.66. The van der Waals surface area contributed by atoms with Gasteiger partial charge < -0.3 is 5.11 Å². The molecule has 0 heterocycles. The van der Waals surface area contributed by atoms with Crippen molar-refractivity contribution >= 4 is 31.5 Å². The molecule has 0 amide bonds. The molecule has 0 fully saturated rings. The van der Waals surface area contributed by atoms with Gasteiger partial charge in [-0.1, -0.05) is 45.8 Å². The lowest BCUT2D eigenvalue weighted by atomic mass is 10.2. The molecule has 0 radical (unpaired) electrons. The number of halogens is 1. The quantitative estimate of drug-likeness (QED) is 0.846. The summed E-state index contributed by atoms with van der Waals surface area (Å²) >= 11 is 3.28. The maximum atomic E-state index is 12.1. The number of hydrogen-bond donors (Lipinski definition) is 1. The van der Waals surface area contributed by atoms with Crippen LogP contribution >= 0.6 is 15.9 Å². The number of aliphatic hydroxyl groups is 1. The zero-order valence-corrected chi connectivity index (χ0v) is 13.1. The van der Waals surface area contributed by atoms with Crippen molar-refractivity contribution in [3.63, 3.8) is 0 Å². The SMILES string of the molecule is Cc1ccc(S(=O)(=O)/C=C(\O)c2ccc(Br)cc2)cc1. The van der Waals surface area contributed by atoms with Gasteiger partial charge in [-0.3, -0.25) is 0 Å². The number of benzene rings is 2. The van der Waals surface area contributed by atoms with E-state index in [0.717, 1.165) is 15.4 Å². The van der Waals surface area contributed by atoms with Gasteiger partial charge in [-0.2, -0.15) is 0 Å². The van der Waals surface area contributed by atoms with Crippen molar-refractivity contribution in [3.8, 4) is 0 Å². The third-order valence-corrected chi connectivity index (χ3v) is 4.75. The van der Waals surface area contributed by atoms with Crippen LogP contribution in [0.15, 0.2) is 63.3 Å². The van der Waals surface area contributed by atoms with Gasteiger partial charge in [-0.15, -0.1) is 0 Å². The Labute approximate surface area is 126 Å². The number of sulfone groups is 1. The second-order valence-electron chi connectivity index (χ2n) is 4.37. The van der Waals surface area contributed by atoms with Crippen molar-refractivity contribution in [3.05, 3.63) is 69.5 Å². The molecule has 0 bridgehead atoms. The Morgan fingerprint density at radius 3 is 2.15 bits per heavy atom. The van der Waals surface area contributed by atoms with Gasteiger partial charge in [0.25, 0.3) is 0 Å².